The molecule has 0 amide bonds. The normalized spacial score (nSPS) is 41.4. The Morgan fingerprint density at radius 3 is 2.69 bits per heavy atom. The quantitative estimate of drug-likeness (QED) is 0.508. The van der Waals surface area contributed by atoms with E-state index in [0.29, 0.717) is 36.2 Å². The Labute approximate surface area is 212 Å². The van der Waals surface area contributed by atoms with Crippen molar-refractivity contribution in [3.05, 3.63) is 29.1 Å². The number of fused-ring (bicyclic) bond motifs is 5. The summed E-state index contributed by atoms with van der Waals surface area (Å²) >= 11 is 0. The molecular formula is C31H46N2O2. The predicted molar refractivity (Wildman–Crippen MR) is 139 cm³/mol. The SMILES string of the molecule is CCOC[C@@]1(O)CC[C@H]2[C@H](CC[C@@H]3[C@@H]2CC[C@]2(C)[C@@H]([C@@H](C)Cc4ccc(C)nc4C#N)CC[C@@H]32)C1. The van der Waals surface area contributed by atoms with E-state index in [9.17, 15) is 10.4 Å². The fourth-order valence-electron chi connectivity index (χ4n) is 9.70. The van der Waals surface area contributed by atoms with E-state index in [-0.39, 0.29) is 0 Å². The summed E-state index contributed by atoms with van der Waals surface area (Å²) in [5.74, 6) is 5.41. The van der Waals surface area contributed by atoms with Crippen LogP contribution in [0.25, 0.3) is 0 Å². The molecule has 1 aromatic rings. The molecule has 5 rings (SSSR count). The number of aliphatic hydroxyl groups is 1. The molecule has 0 aliphatic heterocycles. The molecule has 35 heavy (non-hydrogen) atoms. The van der Waals surface area contributed by atoms with Gasteiger partial charge < -0.3 is 9.84 Å². The first-order chi connectivity index (χ1) is 16.8. The van der Waals surface area contributed by atoms with Crippen molar-refractivity contribution in [2.75, 3.05) is 13.2 Å². The van der Waals surface area contributed by atoms with Crippen molar-refractivity contribution in [1.29, 1.82) is 5.26 Å². The number of rotatable bonds is 6. The first kappa shape index (κ1) is 25.2. The lowest BCUT2D eigenvalue weighted by Gasteiger charge is -2.57. The third-order valence-electron chi connectivity index (χ3n) is 11.2. The minimum atomic E-state index is -0.589. The minimum Gasteiger partial charge on any atom is -0.387 e. The van der Waals surface area contributed by atoms with E-state index in [0.717, 1.165) is 60.1 Å². The smallest absolute Gasteiger partial charge is 0.143 e. The molecule has 0 aromatic carbocycles. The second-order valence-electron chi connectivity index (χ2n) is 13.0. The summed E-state index contributed by atoms with van der Waals surface area (Å²) < 4.78 is 5.66. The largest absolute Gasteiger partial charge is 0.387 e. The van der Waals surface area contributed by atoms with Gasteiger partial charge in [-0.15, -0.1) is 0 Å². The van der Waals surface area contributed by atoms with Crippen molar-refractivity contribution in [1.82, 2.24) is 4.98 Å². The molecule has 1 N–H and O–H groups in total. The summed E-state index contributed by atoms with van der Waals surface area (Å²) in [5.41, 5.74) is 2.53. The summed E-state index contributed by atoms with van der Waals surface area (Å²) in [6, 6.07) is 6.54. The highest BCUT2D eigenvalue weighted by Crippen LogP contribution is 2.65. The van der Waals surface area contributed by atoms with E-state index >= 15 is 0 Å². The Morgan fingerprint density at radius 1 is 1.11 bits per heavy atom. The first-order valence-corrected chi connectivity index (χ1v) is 14.4. The maximum atomic E-state index is 11.1. The van der Waals surface area contributed by atoms with E-state index in [2.05, 4.69) is 37.0 Å². The standard InChI is InChI=1S/C31H46N2O2/c1-5-35-19-31(34)15-13-24-23(17-31)8-9-26-25(24)12-14-30(4)27(10-11-28(26)30)20(2)16-22-7-6-21(3)33-29(22)18-32/h6-7,20,23-28,34H,5,8-17,19H2,1-4H3/t20-,23+,24-,25+,26+,27+,28-,30+,31+/m0/s1. The summed E-state index contributed by atoms with van der Waals surface area (Å²) in [4.78, 5) is 4.50. The highest BCUT2D eigenvalue weighted by molar-refractivity contribution is 5.33. The molecule has 0 unspecified atom stereocenters. The number of aryl methyl sites for hydroxylation is 1. The van der Waals surface area contributed by atoms with Crippen molar-refractivity contribution in [3.63, 3.8) is 0 Å². The van der Waals surface area contributed by atoms with Gasteiger partial charge in [0.2, 0.25) is 0 Å². The molecule has 0 saturated heterocycles. The molecule has 0 radical (unpaired) electrons. The highest BCUT2D eigenvalue weighted by Gasteiger charge is 2.58. The molecule has 0 bridgehead atoms. The van der Waals surface area contributed by atoms with Gasteiger partial charge in [0.1, 0.15) is 11.8 Å². The van der Waals surface area contributed by atoms with Gasteiger partial charge in [-0.2, -0.15) is 5.26 Å². The van der Waals surface area contributed by atoms with E-state index < -0.39 is 5.60 Å². The third-order valence-corrected chi connectivity index (χ3v) is 11.2. The average Bonchev–Trinajstić information content (AvgIpc) is 3.21. The Balaban J connectivity index is 1.27. The molecule has 1 heterocycles. The molecule has 0 spiro atoms. The zero-order valence-electron chi connectivity index (χ0n) is 22.4. The third kappa shape index (κ3) is 4.57. The topological polar surface area (TPSA) is 66.1 Å². The zero-order chi connectivity index (χ0) is 24.8. The monoisotopic (exact) mass is 478 g/mol. The Morgan fingerprint density at radius 2 is 1.91 bits per heavy atom. The number of nitriles is 1. The van der Waals surface area contributed by atoms with Crippen LogP contribution in [0.4, 0.5) is 0 Å². The van der Waals surface area contributed by atoms with Gasteiger partial charge in [-0.1, -0.05) is 19.9 Å². The van der Waals surface area contributed by atoms with Crippen molar-refractivity contribution in [2.24, 2.45) is 46.8 Å². The lowest BCUT2D eigenvalue weighted by atomic mass is 9.48. The van der Waals surface area contributed by atoms with Crippen LogP contribution in [0.15, 0.2) is 12.1 Å². The molecule has 4 fully saturated rings. The Bertz CT molecular complexity index is 956. The summed E-state index contributed by atoms with van der Waals surface area (Å²) in [5, 5.41) is 20.8. The van der Waals surface area contributed by atoms with Crippen LogP contribution in [0.2, 0.25) is 0 Å². The second kappa shape index (κ2) is 9.79. The van der Waals surface area contributed by atoms with Gasteiger partial charge in [-0.05, 0) is 137 Å². The lowest BCUT2D eigenvalue weighted by molar-refractivity contribution is -0.129. The van der Waals surface area contributed by atoms with Crippen LogP contribution in [-0.4, -0.2) is 28.9 Å². The van der Waals surface area contributed by atoms with E-state index in [4.69, 9.17) is 4.74 Å². The van der Waals surface area contributed by atoms with Gasteiger partial charge in [0.05, 0.1) is 12.2 Å². The molecule has 4 heteroatoms. The van der Waals surface area contributed by atoms with E-state index in [1.54, 1.807) is 0 Å². The van der Waals surface area contributed by atoms with Gasteiger partial charge in [0, 0.05) is 12.3 Å². The number of aromatic nitrogens is 1. The second-order valence-corrected chi connectivity index (χ2v) is 13.0. The molecule has 4 nitrogen and oxygen atoms in total. The highest BCUT2D eigenvalue weighted by atomic mass is 16.5. The van der Waals surface area contributed by atoms with Gasteiger partial charge in [-0.25, -0.2) is 4.98 Å². The lowest BCUT2D eigenvalue weighted by Crippen LogP contribution is -2.52. The van der Waals surface area contributed by atoms with Gasteiger partial charge in [0.15, 0.2) is 0 Å². The zero-order valence-corrected chi connectivity index (χ0v) is 22.4. The van der Waals surface area contributed by atoms with Gasteiger partial charge in [0.25, 0.3) is 0 Å². The van der Waals surface area contributed by atoms with Crippen molar-refractivity contribution < 1.29 is 9.84 Å². The fraction of sp³-hybridized carbons (Fsp3) is 0.806. The van der Waals surface area contributed by atoms with E-state index in [1.165, 1.54) is 44.9 Å². The molecule has 4 aliphatic rings. The van der Waals surface area contributed by atoms with Crippen LogP contribution in [0, 0.1) is 65.1 Å². The summed E-state index contributed by atoms with van der Waals surface area (Å²) in [7, 11) is 0. The number of hydrogen-bond acceptors (Lipinski definition) is 4. The Hall–Kier alpha value is -1.44. The van der Waals surface area contributed by atoms with Crippen LogP contribution in [0.5, 0.6) is 0 Å². The van der Waals surface area contributed by atoms with Crippen LogP contribution in [0.3, 0.4) is 0 Å². The molecule has 192 valence electrons. The number of nitrogens with zero attached hydrogens (tertiary/aromatic N) is 2. The first-order valence-electron chi connectivity index (χ1n) is 14.4. The number of hydrogen-bond donors (Lipinski definition) is 1. The molecular weight excluding hydrogens is 432 g/mol. The van der Waals surface area contributed by atoms with E-state index in [1.807, 2.05) is 13.8 Å². The summed E-state index contributed by atoms with van der Waals surface area (Å²) in [6.07, 6.45) is 12.2. The van der Waals surface area contributed by atoms with Gasteiger partial charge >= 0.3 is 0 Å². The molecule has 4 saturated carbocycles. The summed E-state index contributed by atoms with van der Waals surface area (Å²) in [6.45, 7) is 10.3. The fourth-order valence-corrected chi connectivity index (χ4v) is 9.70. The minimum absolute atomic E-state index is 0.433. The van der Waals surface area contributed by atoms with Crippen molar-refractivity contribution in [3.8, 4) is 6.07 Å². The molecule has 9 atom stereocenters. The van der Waals surface area contributed by atoms with Crippen LogP contribution in [0.1, 0.15) is 95.5 Å². The van der Waals surface area contributed by atoms with Gasteiger partial charge in [-0.3, -0.25) is 0 Å². The van der Waals surface area contributed by atoms with Crippen molar-refractivity contribution in [2.45, 2.75) is 97.5 Å². The maximum absolute atomic E-state index is 11.1. The number of pyridine rings is 1. The maximum Gasteiger partial charge on any atom is 0.143 e. The van der Waals surface area contributed by atoms with Crippen molar-refractivity contribution >= 4 is 0 Å². The predicted octanol–water partition coefficient (Wildman–Crippen LogP) is 6.48. The Kier molecular flexibility index (Phi) is 7.05. The number of ether oxygens (including phenoxy) is 1. The molecule has 4 aliphatic carbocycles. The average molecular weight is 479 g/mol. The molecule has 1 aromatic heterocycles. The van der Waals surface area contributed by atoms with Crippen LogP contribution >= 0.6 is 0 Å². The van der Waals surface area contributed by atoms with Crippen LogP contribution < -0.4 is 0 Å². The van der Waals surface area contributed by atoms with Crippen LogP contribution in [-0.2, 0) is 11.2 Å².